The number of benzene rings is 2. The van der Waals surface area contributed by atoms with E-state index in [0.717, 1.165) is 47.8 Å². The van der Waals surface area contributed by atoms with Gasteiger partial charge in [0.15, 0.2) is 13.1 Å². The highest BCUT2D eigenvalue weighted by Crippen LogP contribution is 2.21. The predicted octanol–water partition coefficient (Wildman–Crippen LogP) is 0.0387. The second-order valence-corrected chi connectivity index (χ2v) is 9.05. The third-order valence-electron chi connectivity index (χ3n) is 5.91. The van der Waals surface area contributed by atoms with E-state index in [1.54, 1.807) is 0 Å². The smallest absolute Gasteiger partial charge is 0.279 e. The highest BCUT2D eigenvalue weighted by Gasteiger charge is 2.28. The molecule has 0 aromatic heterocycles. The van der Waals surface area contributed by atoms with Crippen LogP contribution in [-0.4, -0.2) is 51.1 Å². The van der Waals surface area contributed by atoms with Gasteiger partial charge < -0.3 is 20.4 Å². The van der Waals surface area contributed by atoms with Gasteiger partial charge in [-0.15, -0.1) is 0 Å². The van der Waals surface area contributed by atoms with Crippen LogP contribution in [0.1, 0.15) is 28.7 Å². The lowest BCUT2D eigenvalue weighted by molar-refractivity contribution is -0.901. The Kier molecular flexibility index (Phi) is 7.82. The number of amides is 2. The Morgan fingerprint density at radius 1 is 1.03 bits per heavy atom. The molecule has 1 aliphatic heterocycles. The molecule has 3 atom stereocenters. The summed E-state index contributed by atoms with van der Waals surface area (Å²) in [6.45, 7) is 9.63. The van der Waals surface area contributed by atoms with E-state index in [-0.39, 0.29) is 24.4 Å². The van der Waals surface area contributed by atoms with Crippen LogP contribution in [0.2, 0.25) is 0 Å². The van der Waals surface area contributed by atoms with Crippen molar-refractivity contribution < 1.29 is 19.4 Å². The van der Waals surface area contributed by atoms with E-state index in [2.05, 4.69) is 54.0 Å². The topological polar surface area (TPSA) is 67.1 Å². The minimum absolute atomic E-state index is 0.0129. The number of quaternary nitrogens is 2. The molecule has 0 radical (unpaired) electrons. The summed E-state index contributed by atoms with van der Waals surface area (Å²) in [6, 6.07) is 14.8. The summed E-state index contributed by atoms with van der Waals surface area (Å²) in [5, 5.41) is 6.18. The van der Waals surface area contributed by atoms with Crippen molar-refractivity contribution in [1.82, 2.24) is 5.32 Å². The number of hydrogen-bond acceptors (Lipinski definition) is 2. The van der Waals surface area contributed by atoms with Crippen molar-refractivity contribution in [3.63, 3.8) is 0 Å². The third-order valence-corrected chi connectivity index (χ3v) is 5.91. The largest absolute Gasteiger partial charge is 0.343 e. The van der Waals surface area contributed by atoms with E-state index >= 15 is 0 Å². The summed E-state index contributed by atoms with van der Waals surface area (Å²) in [5.74, 6) is -0.0568. The first-order valence-electron chi connectivity index (χ1n) is 11.2. The standard InChI is InChI=1S/C25H34N4O2/c1-18-12-19(2)25(20(3)13-18)27-24(31)17-28(4)16-23(30)26-22-10-11-29(15-22)14-21-8-6-5-7-9-21/h5-9,12-13,22H,10-11,14-17H2,1-4H3,(H,26,30)(H,27,31)/p+2/t22-/m1/s1. The molecule has 166 valence electrons. The molecule has 2 aromatic carbocycles. The number of aryl methyl sites for hydroxylation is 3. The van der Waals surface area contributed by atoms with Gasteiger partial charge in [0.1, 0.15) is 6.54 Å². The van der Waals surface area contributed by atoms with Crippen molar-refractivity contribution in [3.05, 3.63) is 64.7 Å². The average Bonchev–Trinajstić information content (AvgIpc) is 3.11. The van der Waals surface area contributed by atoms with E-state index in [0.29, 0.717) is 6.54 Å². The molecule has 2 unspecified atom stereocenters. The quantitative estimate of drug-likeness (QED) is 0.483. The molecule has 0 bridgehead atoms. The maximum absolute atomic E-state index is 12.5. The van der Waals surface area contributed by atoms with Gasteiger partial charge in [0.25, 0.3) is 11.8 Å². The zero-order chi connectivity index (χ0) is 22.4. The van der Waals surface area contributed by atoms with Gasteiger partial charge in [-0.3, -0.25) is 9.59 Å². The lowest BCUT2D eigenvalue weighted by atomic mass is 10.1. The summed E-state index contributed by atoms with van der Waals surface area (Å²) < 4.78 is 0. The van der Waals surface area contributed by atoms with E-state index in [9.17, 15) is 9.59 Å². The van der Waals surface area contributed by atoms with Gasteiger partial charge in [-0.05, 0) is 31.9 Å². The molecule has 4 N–H and O–H groups in total. The third kappa shape index (κ3) is 6.91. The highest BCUT2D eigenvalue weighted by atomic mass is 16.2. The zero-order valence-corrected chi connectivity index (χ0v) is 19.2. The first kappa shape index (κ1) is 23.0. The van der Waals surface area contributed by atoms with Crippen LogP contribution in [0.5, 0.6) is 0 Å². The minimum atomic E-state index is -0.0697. The fourth-order valence-corrected chi connectivity index (χ4v) is 4.55. The Hall–Kier alpha value is -2.70. The number of nitrogens with one attached hydrogen (secondary N) is 4. The van der Waals surface area contributed by atoms with Gasteiger partial charge in [0.2, 0.25) is 0 Å². The van der Waals surface area contributed by atoms with Crippen LogP contribution in [0, 0.1) is 20.8 Å². The molecule has 31 heavy (non-hydrogen) atoms. The van der Waals surface area contributed by atoms with Gasteiger partial charge in [-0.2, -0.15) is 0 Å². The minimum Gasteiger partial charge on any atom is -0.343 e. The Bertz CT molecular complexity index is 890. The molecule has 0 saturated carbocycles. The molecule has 0 spiro atoms. The predicted molar refractivity (Wildman–Crippen MR) is 123 cm³/mol. The zero-order valence-electron chi connectivity index (χ0n) is 19.2. The lowest BCUT2D eigenvalue weighted by Crippen LogP contribution is -3.11. The molecule has 1 fully saturated rings. The number of anilines is 1. The van der Waals surface area contributed by atoms with E-state index < -0.39 is 0 Å². The Morgan fingerprint density at radius 3 is 2.35 bits per heavy atom. The number of carbonyl (C=O) groups excluding carboxylic acids is 2. The number of carbonyl (C=O) groups is 2. The van der Waals surface area contributed by atoms with Gasteiger partial charge in [-0.1, -0.05) is 48.0 Å². The average molecular weight is 425 g/mol. The molecule has 1 saturated heterocycles. The van der Waals surface area contributed by atoms with Crippen molar-refractivity contribution in [2.75, 3.05) is 38.5 Å². The molecule has 2 amide bonds. The maximum atomic E-state index is 12.5. The number of rotatable bonds is 8. The van der Waals surface area contributed by atoms with Crippen LogP contribution in [-0.2, 0) is 16.1 Å². The SMILES string of the molecule is Cc1cc(C)c(NC(=O)C[NH+](C)CC(=O)N[C@@H]2CC[NH+](Cc3ccccc3)C2)c(C)c1. The summed E-state index contributed by atoms with van der Waals surface area (Å²) in [6.07, 6.45) is 0.999. The van der Waals surface area contributed by atoms with Gasteiger partial charge >= 0.3 is 0 Å². The molecule has 0 aliphatic carbocycles. The fraction of sp³-hybridized carbons (Fsp3) is 0.440. The molecule has 6 nitrogen and oxygen atoms in total. The Labute approximate surface area is 185 Å². The van der Waals surface area contributed by atoms with Crippen LogP contribution in [0.3, 0.4) is 0 Å². The van der Waals surface area contributed by atoms with Gasteiger partial charge in [-0.25, -0.2) is 0 Å². The Balaban J connectivity index is 1.41. The van der Waals surface area contributed by atoms with Crippen LogP contribution >= 0.6 is 0 Å². The summed E-state index contributed by atoms with van der Waals surface area (Å²) in [7, 11) is 1.88. The van der Waals surface area contributed by atoms with Crippen LogP contribution in [0.15, 0.2) is 42.5 Å². The van der Waals surface area contributed by atoms with E-state index in [1.807, 2.05) is 27.0 Å². The molecule has 1 heterocycles. The molecule has 1 aliphatic rings. The summed E-state index contributed by atoms with van der Waals surface area (Å²) in [5.41, 5.74) is 5.51. The lowest BCUT2D eigenvalue weighted by Gasteiger charge is -2.17. The molecular weight excluding hydrogens is 388 g/mol. The van der Waals surface area contributed by atoms with E-state index in [4.69, 9.17) is 0 Å². The molecular formula is C25H36N4O2+2. The molecule has 6 heteroatoms. The second kappa shape index (κ2) is 10.6. The number of likely N-dealkylation sites (N-methyl/N-ethyl adjacent to an activating group) is 1. The molecule has 3 rings (SSSR count). The van der Waals surface area contributed by atoms with Gasteiger partial charge in [0.05, 0.1) is 26.2 Å². The van der Waals surface area contributed by atoms with Crippen molar-refractivity contribution in [1.29, 1.82) is 0 Å². The fourth-order valence-electron chi connectivity index (χ4n) is 4.55. The first-order chi connectivity index (χ1) is 14.8. The molecule has 2 aromatic rings. The van der Waals surface area contributed by atoms with Crippen molar-refractivity contribution in [3.8, 4) is 0 Å². The summed E-state index contributed by atoms with van der Waals surface area (Å²) in [4.78, 5) is 27.4. The summed E-state index contributed by atoms with van der Waals surface area (Å²) >= 11 is 0. The van der Waals surface area contributed by atoms with Crippen LogP contribution in [0.25, 0.3) is 0 Å². The maximum Gasteiger partial charge on any atom is 0.279 e. The van der Waals surface area contributed by atoms with Crippen molar-refractivity contribution in [2.45, 2.75) is 39.8 Å². The monoisotopic (exact) mass is 424 g/mol. The van der Waals surface area contributed by atoms with E-state index in [1.165, 1.54) is 16.0 Å². The second-order valence-electron chi connectivity index (χ2n) is 9.05. The Morgan fingerprint density at radius 2 is 1.68 bits per heavy atom. The number of hydrogen-bond donors (Lipinski definition) is 4. The normalized spacial score (nSPS) is 19.1. The highest BCUT2D eigenvalue weighted by molar-refractivity contribution is 5.93. The van der Waals surface area contributed by atoms with Gasteiger partial charge in [0, 0.05) is 17.7 Å². The van der Waals surface area contributed by atoms with Crippen LogP contribution < -0.4 is 20.4 Å². The van der Waals surface area contributed by atoms with Crippen molar-refractivity contribution >= 4 is 17.5 Å². The van der Waals surface area contributed by atoms with Crippen molar-refractivity contribution in [2.24, 2.45) is 0 Å². The first-order valence-corrected chi connectivity index (χ1v) is 11.2. The number of likely N-dealkylation sites (tertiary alicyclic amines) is 1. The van der Waals surface area contributed by atoms with Crippen LogP contribution in [0.4, 0.5) is 5.69 Å².